The van der Waals surface area contributed by atoms with Crippen LogP contribution in [0.5, 0.6) is 0 Å². The summed E-state index contributed by atoms with van der Waals surface area (Å²) < 4.78 is 51.2. The summed E-state index contributed by atoms with van der Waals surface area (Å²) in [5.41, 5.74) is -2.52. The molecule has 0 unspecified atom stereocenters. The molecule has 1 aromatic heterocycles. The lowest BCUT2D eigenvalue weighted by atomic mass is 10.3. The highest BCUT2D eigenvalue weighted by Gasteiger charge is 2.31. The second-order valence-corrected chi connectivity index (χ2v) is 4.14. The molecule has 8 heteroatoms. The summed E-state index contributed by atoms with van der Waals surface area (Å²) in [5, 5.41) is 3.33. The lowest BCUT2D eigenvalue weighted by Crippen LogP contribution is -2.24. The molecule has 0 aliphatic carbocycles. The van der Waals surface area contributed by atoms with Crippen LogP contribution in [0.4, 0.5) is 17.6 Å². The summed E-state index contributed by atoms with van der Waals surface area (Å²) in [7, 11) is 0. The van der Waals surface area contributed by atoms with Gasteiger partial charge in [-0.3, -0.25) is 4.79 Å². The SMILES string of the molecule is O=c1cc(C(F)(F)F)cnn1-c1cc(S)ccc1F. The van der Waals surface area contributed by atoms with Crippen LogP contribution in [0.15, 0.2) is 40.2 Å². The minimum absolute atomic E-state index is 0.258. The molecule has 3 nitrogen and oxygen atoms in total. The molecule has 100 valence electrons. The van der Waals surface area contributed by atoms with Crippen molar-refractivity contribution in [2.24, 2.45) is 0 Å². The summed E-state index contributed by atoms with van der Waals surface area (Å²) >= 11 is 3.96. The maximum atomic E-state index is 13.5. The smallest absolute Gasteiger partial charge is 0.267 e. The first-order chi connectivity index (χ1) is 8.79. The van der Waals surface area contributed by atoms with E-state index in [0.29, 0.717) is 21.8 Å². The van der Waals surface area contributed by atoms with Crippen LogP contribution in [0, 0.1) is 5.82 Å². The molecule has 2 rings (SSSR count). The quantitative estimate of drug-likeness (QED) is 0.647. The summed E-state index contributed by atoms with van der Waals surface area (Å²) in [5.74, 6) is -0.785. The maximum absolute atomic E-state index is 13.5. The van der Waals surface area contributed by atoms with E-state index in [1.54, 1.807) is 0 Å². The highest BCUT2D eigenvalue weighted by molar-refractivity contribution is 7.80. The van der Waals surface area contributed by atoms with E-state index in [1.165, 1.54) is 12.1 Å². The van der Waals surface area contributed by atoms with Gasteiger partial charge in [-0.25, -0.2) is 4.39 Å². The highest BCUT2D eigenvalue weighted by atomic mass is 32.1. The Morgan fingerprint density at radius 3 is 2.47 bits per heavy atom. The molecule has 0 fully saturated rings. The van der Waals surface area contributed by atoms with Crippen LogP contribution in [0.25, 0.3) is 5.69 Å². The van der Waals surface area contributed by atoms with Gasteiger partial charge in [-0.15, -0.1) is 12.6 Å². The van der Waals surface area contributed by atoms with Crippen LogP contribution >= 0.6 is 12.6 Å². The summed E-state index contributed by atoms with van der Waals surface area (Å²) in [6, 6.07) is 3.94. The van der Waals surface area contributed by atoms with Gasteiger partial charge in [0, 0.05) is 11.0 Å². The van der Waals surface area contributed by atoms with E-state index in [1.807, 2.05) is 0 Å². The van der Waals surface area contributed by atoms with Crippen molar-refractivity contribution in [1.82, 2.24) is 9.78 Å². The Labute approximate surface area is 109 Å². The molecule has 1 heterocycles. The first-order valence-electron chi connectivity index (χ1n) is 4.94. The zero-order valence-electron chi connectivity index (χ0n) is 9.15. The fourth-order valence-electron chi connectivity index (χ4n) is 1.41. The standard InChI is InChI=1S/C11H6F4N2OS/c12-8-2-1-7(19)4-9(8)17-10(18)3-6(5-16-17)11(13,14)15/h1-5,19H. The largest absolute Gasteiger partial charge is 0.418 e. The van der Waals surface area contributed by atoms with Crippen LogP contribution in [0.3, 0.4) is 0 Å². The van der Waals surface area contributed by atoms with Crippen molar-refractivity contribution in [3.63, 3.8) is 0 Å². The van der Waals surface area contributed by atoms with Crippen molar-refractivity contribution >= 4 is 12.6 Å². The molecule has 0 spiro atoms. The molecular formula is C11H6F4N2OS. The third-order valence-electron chi connectivity index (χ3n) is 2.29. The molecule has 0 N–H and O–H groups in total. The van der Waals surface area contributed by atoms with Gasteiger partial charge in [-0.05, 0) is 18.2 Å². The topological polar surface area (TPSA) is 34.9 Å². The number of alkyl halides is 3. The van der Waals surface area contributed by atoms with Crippen molar-refractivity contribution in [3.05, 3.63) is 52.2 Å². The Bertz CT molecular complexity index is 681. The lowest BCUT2D eigenvalue weighted by molar-refractivity contribution is -0.138. The van der Waals surface area contributed by atoms with Crippen molar-refractivity contribution in [2.75, 3.05) is 0 Å². The lowest BCUT2D eigenvalue weighted by Gasteiger charge is -2.09. The van der Waals surface area contributed by atoms with Crippen LogP contribution in [0.1, 0.15) is 5.56 Å². The minimum Gasteiger partial charge on any atom is -0.267 e. The first-order valence-corrected chi connectivity index (χ1v) is 5.39. The molecule has 0 saturated carbocycles. The van der Waals surface area contributed by atoms with Crippen molar-refractivity contribution < 1.29 is 17.6 Å². The Morgan fingerprint density at radius 2 is 1.89 bits per heavy atom. The zero-order valence-corrected chi connectivity index (χ0v) is 10.0. The Hall–Kier alpha value is -1.83. The van der Waals surface area contributed by atoms with Crippen molar-refractivity contribution in [1.29, 1.82) is 0 Å². The van der Waals surface area contributed by atoms with E-state index in [0.717, 1.165) is 6.07 Å². The molecule has 0 aliphatic heterocycles. The van der Waals surface area contributed by atoms with Crippen LogP contribution in [-0.4, -0.2) is 9.78 Å². The first kappa shape index (κ1) is 13.6. The number of rotatable bonds is 1. The van der Waals surface area contributed by atoms with Crippen LogP contribution < -0.4 is 5.56 Å². The second kappa shape index (κ2) is 4.69. The number of benzene rings is 1. The normalized spacial score (nSPS) is 11.6. The van der Waals surface area contributed by atoms with Gasteiger partial charge in [-0.2, -0.15) is 23.0 Å². The van der Waals surface area contributed by atoms with Gasteiger partial charge in [0.25, 0.3) is 5.56 Å². The maximum Gasteiger partial charge on any atom is 0.418 e. The molecular weight excluding hydrogens is 284 g/mol. The molecule has 1 aromatic carbocycles. The molecule has 0 bridgehead atoms. The number of thiol groups is 1. The van der Waals surface area contributed by atoms with Gasteiger partial charge in [-0.1, -0.05) is 0 Å². The predicted molar refractivity (Wildman–Crippen MR) is 62.0 cm³/mol. The van der Waals surface area contributed by atoms with Gasteiger partial charge in [0.2, 0.25) is 0 Å². The Balaban J connectivity index is 2.59. The van der Waals surface area contributed by atoms with E-state index in [4.69, 9.17) is 0 Å². The molecule has 19 heavy (non-hydrogen) atoms. The zero-order chi connectivity index (χ0) is 14.2. The molecule has 0 amide bonds. The third-order valence-corrected chi connectivity index (χ3v) is 2.56. The summed E-state index contributed by atoms with van der Waals surface area (Å²) in [6.45, 7) is 0. The van der Waals surface area contributed by atoms with Gasteiger partial charge in [0.15, 0.2) is 0 Å². The average molecular weight is 290 g/mol. The second-order valence-electron chi connectivity index (χ2n) is 3.63. The van der Waals surface area contributed by atoms with E-state index in [-0.39, 0.29) is 5.69 Å². The van der Waals surface area contributed by atoms with Crippen molar-refractivity contribution in [2.45, 2.75) is 11.1 Å². The number of hydrogen-bond acceptors (Lipinski definition) is 3. The summed E-state index contributed by atoms with van der Waals surface area (Å²) in [4.78, 5) is 11.9. The average Bonchev–Trinajstić information content (AvgIpc) is 2.31. The molecule has 2 aromatic rings. The third kappa shape index (κ3) is 2.78. The molecule has 0 aliphatic rings. The van der Waals surface area contributed by atoms with E-state index >= 15 is 0 Å². The predicted octanol–water partition coefficient (Wildman–Crippen LogP) is 2.68. The number of hydrogen-bond donors (Lipinski definition) is 1. The fraction of sp³-hybridized carbons (Fsp3) is 0.0909. The Kier molecular flexibility index (Phi) is 3.36. The number of aromatic nitrogens is 2. The van der Waals surface area contributed by atoms with Crippen LogP contribution in [-0.2, 0) is 6.18 Å². The fourth-order valence-corrected chi connectivity index (χ4v) is 1.60. The Morgan fingerprint density at radius 1 is 1.21 bits per heavy atom. The van der Waals surface area contributed by atoms with Crippen LogP contribution in [0.2, 0.25) is 0 Å². The van der Waals surface area contributed by atoms with E-state index in [2.05, 4.69) is 17.7 Å². The number of nitrogens with zero attached hydrogens (tertiary/aromatic N) is 2. The molecule has 0 saturated heterocycles. The van der Waals surface area contributed by atoms with E-state index in [9.17, 15) is 22.4 Å². The highest BCUT2D eigenvalue weighted by Crippen LogP contribution is 2.27. The summed E-state index contributed by atoms with van der Waals surface area (Å²) in [6.07, 6.45) is -4.21. The van der Waals surface area contributed by atoms with Gasteiger partial charge in [0.1, 0.15) is 11.5 Å². The van der Waals surface area contributed by atoms with E-state index < -0.39 is 23.1 Å². The molecule has 0 radical (unpaired) electrons. The molecule has 0 atom stereocenters. The number of halogens is 4. The monoisotopic (exact) mass is 290 g/mol. The minimum atomic E-state index is -4.67. The van der Waals surface area contributed by atoms with Crippen molar-refractivity contribution in [3.8, 4) is 5.69 Å². The van der Waals surface area contributed by atoms with Gasteiger partial charge < -0.3 is 0 Å². The van der Waals surface area contributed by atoms with Gasteiger partial charge in [0.05, 0.1) is 11.8 Å². The van der Waals surface area contributed by atoms with Gasteiger partial charge >= 0.3 is 6.18 Å².